The quantitative estimate of drug-likeness (QED) is 0.780. The summed E-state index contributed by atoms with van der Waals surface area (Å²) in [6.45, 7) is 1.70. The summed E-state index contributed by atoms with van der Waals surface area (Å²) >= 11 is 1.64. The van der Waals surface area contributed by atoms with Gasteiger partial charge in [-0.15, -0.1) is 11.8 Å². The Bertz CT molecular complexity index is 507. The SMILES string of the molecule is O=C1CCSc2c1cccc2C(=O)N1CCCC1. The van der Waals surface area contributed by atoms with Crippen LogP contribution < -0.4 is 0 Å². The predicted molar refractivity (Wildman–Crippen MR) is 71.3 cm³/mol. The number of hydrogen-bond donors (Lipinski definition) is 0. The molecule has 1 aromatic carbocycles. The molecule has 1 fully saturated rings. The maximum absolute atomic E-state index is 12.4. The van der Waals surface area contributed by atoms with E-state index in [2.05, 4.69) is 0 Å². The smallest absolute Gasteiger partial charge is 0.255 e. The van der Waals surface area contributed by atoms with Crippen LogP contribution >= 0.6 is 11.8 Å². The van der Waals surface area contributed by atoms with E-state index in [1.54, 1.807) is 11.8 Å². The molecule has 0 bridgehead atoms. The molecule has 0 N–H and O–H groups in total. The van der Waals surface area contributed by atoms with E-state index < -0.39 is 0 Å². The highest BCUT2D eigenvalue weighted by molar-refractivity contribution is 7.99. The van der Waals surface area contributed by atoms with E-state index in [0.717, 1.165) is 42.1 Å². The fraction of sp³-hybridized carbons (Fsp3) is 0.429. The Morgan fingerprint density at radius 1 is 1.22 bits per heavy atom. The number of ketones is 1. The van der Waals surface area contributed by atoms with Crippen LogP contribution in [0.1, 0.15) is 40.0 Å². The first-order chi connectivity index (χ1) is 8.77. The van der Waals surface area contributed by atoms with Crippen LogP contribution in [0.25, 0.3) is 0 Å². The number of Topliss-reactive ketones (excluding diaryl/α,β-unsaturated/α-hetero) is 1. The van der Waals surface area contributed by atoms with Gasteiger partial charge in [0.15, 0.2) is 5.78 Å². The lowest BCUT2D eigenvalue weighted by molar-refractivity contribution is 0.0789. The van der Waals surface area contributed by atoms with Crippen molar-refractivity contribution in [1.82, 2.24) is 4.90 Å². The maximum Gasteiger partial charge on any atom is 0.255 e. The first-order valence-electron chi connectivity index (χ1n) is 6.35. The molecule has 0 spiro atoms. The minimum atomic E-state index is 0.0894. The average Bonchev–Trinajstić information content (AvgIpc) is 2.92. The van der Waals surface area contributed by atoms with Gasteiger partial charge in [-0.1, -0.05) is 12.1 Å². The Hall–Kier alpha value is -1.29. The van der Waals surface area contributed by atoms with Gasteiger partial charge in [-0.05, 0) is 18.9 Å². The van der Waals surface area contributed by atoms with E-state index >= 15 is 0 Å². The van der Waals surface area contributed by atoms with Crippen LogP contribution in [0.15, 0.2) is 23.1 Å². The maximum atomic E-state index is 12.4. The van der Waals surface area contributed by atoms with Crippen LogP contribution in [-0.2, 0) is 0 Å². The van der Waals surface area contributed by atoms with Crippen LogP contribution in [-0.4, -0.2) is 35.4 Å². The van der Waals surface area contributed by atoms with Crippen LogP contribution in [0.4, 0.5) is 0 Å². The number of fused-ring (bicyclic) bond motifs is 1. The van der Waals surface area contributed by atoms with Crippen LogP contribution in [0.3, 0.4) is 0 Å². The monoisotopic (exact) mass is 261 g/mol. The van der Waals surface area contributed by atoms with Gasteiger partial charge in [0.25, 0.3) is 5.91 Å². The Morgan fingerprint density at radius 2 is 2.00 bits per heavy atom. The van der Waals surface area contributed by atoms with Crippen molar-refractivity contribution in [3.8, 4) is 0 Å². The second-order valence-corrected chi connectivity index (χ2v) is 5.81. The van der Waals surface area contributed by atoms with Crippen LogP contribution in [0.2, 0.25) is 0 Å². The van der Waals surface area contributed by atoms with Gasteiger partial charge < -0.3 is 4.90 Å². The topological polar surface area (TPSA) is 37.4 Å². The standard InChI is InChI=1S/C14H15NO2S/c16-12-6-9-18-13-10(12)4-3-5-11(13)14(17)15-7-1-2-8-15/h3-5H,1-2,6-9H2. The number of likely N-dealkylation sites (tertiary alicyclic amines) is 1. The minimum Gasteiger partial charge on any atom is -0.339 e. The third-order valence-corrected chi connectivity index (χ3v) is 4.65. The lowest BCUT2D eigenvalue weighted by Gasteiger charge is -2.21. The Balaban J connectivity index is 1.99. The number of carbonyl (C=O) groups excluding carboxylic acids is 2. The number of rotatable bonds is 1. The van der Waals surface area contributed by atoms with Crippen molar-refractivity contribution >= 4 is 23.5 Å². The van der Waals surface area contributed by atoms with Gasteiger partial charge in [-0.25, -0.2) is 0 Å². The number of hydrogen-bond acceptors (Lipinski definition) is 3. The molecule has 2 aliphatic rings. The van der Waals surface area contributed by atoms with E-state index in [-0.39, 0.29) is 11.7 Å². The highest BCUT2D eigenvalue weighted by Crippen LogP contribution is 2.33. The third kappa shape index (κ3) is 1.94. The third-order valence-electron chi connectivity index (χ3n) is 3.51. The lowest BCUT2D eigenvalue weighted by atomic mass is 10.0. The lowest BCUT2D eigenvalue weighted by Crippen LogP contribution is -2.28. The summed E-state index contributed by atoms with van der Waals surface area (Å²) in [6.07, 6.45) is 2.76. The van der Waals surface area contributed by atoms with Gasteiger partial charge in [0.2, 0.25) is 0 Å². The van der Waals surface area contributed by atoms with Crippen molar-refractivity contribution in [1.29, 1.82) is 0 Å². The number of amides is 1. The van der Waals surface area contributed by atoms with Crippen molar-refractivity contribution in [2.24, 2.45) is 0 Å². The molecule has 2 heterocycles. The first-order valence-corrected chi connectivity index (χ1v) is 7.34. The van der Waals surface area contributed by atoms with Gasteiger partial charge in [0, 0.05) is 35.7 Å². The second kappa shape index (κ2) is 4.76. The molecule has 0 radical (unpaired) electrons. The van der Waals surface area contributed by atoms with Gasteiger partial charge >= 0.3 is 0 Å². The summed E-state index contributed by atoms with van der Waals surface area (Å²) < 4.78 is 0. The average molecular weight is 261 g/mol. The van der Waals surface area contributed by atoms with E-state index in [4.69, 9.17) is 0 Å². The predicted octanol–water partition coefficient (Wildman–Crippen LogP) is 2.60. The zero-order valence-corrected chi connectivity index (χ0v) is 11.0. The molecule has 94 valence electrons. The summed E-state index contributed by atoms with van der Waals surface area (Å²) in [5.74, 6) is 1.04. The van der Waals surface area contributed by atoms with Gasteiger partial charge in [-0.3, -0.25) is 9.59 Å². The normalized spacial score (nSPS) is 18.9. The zero-order chi connectivity index (χ0) is 12.5. The Kier molecular flexibility index (Phi) is 3.12. The first kappa shape index (κ1) is 11.8. The molecule has 1 amide bonds. The molecule has 1 aromatic rings. The highest BCUT2D eigenvalue weighted by atomic mass is 32.2. The van der Waals surface area contributed by atoms with Crippen molar-refractivity contribution < 1.29 is 9.59 Å². The van der Waals surface area contributed by atoms with Crippen LogP contribution in [0, 0.1) is 0 Å². The summed E-state index contributed by atoms with van der Waals surface area (Å²) in [4.78, 5) is 27.1. The molecule has 0 unspecified atom stereocenters. The van der Waals surface area contributed by atoms with Gasteiger partial charge in [0.1, 0.15) is 0 Å². The molecule has 0 aliphatic carbocycles. The molecule has 0 saturated carbocycles. The van der Waals surface area contributed by atoms with Gasteiger partial charge in [0.05, 0.1) is 5.56 Å². The van der Waals surface area contributed by atoms with E-state index in [0.29, 0.717) is 12.0 Å². The van der Waals surface area contributed by atoms with Gasteiger partial charge in [-0.2, -0.15) is 0 Å². The summed E-state index contributed by atoms with van der Waals surface area (Å²) in [6, 6.07) is 5.52. The van der Waals surface area contributed by atoms with Crippen molar-refractivity contribution in [3.63, 3.8) is 0 Å². The number of benzene rings is 1. The largest absolute Gasteiger partial charge is 0.339 e. The summed E-state index contributed by atoms with van der Waals surface area (Å²) in [5.41, 5.74) is 1.45. The fourth-order valence-corrected chi connectivity index (χ4v) is 3.69. The Labute approximate surface area is 111 Å². The molecule has 2 aliphatic heterocycles. The molecular formula is C14H15NO2S. The van der Waals surface area contributed by atoms with E-state index in [1.807, 2.05) is 23.1 Å². The Morgan fingerprint density at radius 3 is 2.78 bits per heavy atom. The number of nitrogens with zero attached hydrogens (tertiary/aromatic N) is 1. The molecule has 3 nitrogen and oxygen atoms in total. The zero-order valence-electron chi connectivity index (χ0n) is 10.1. The molecule has 0 aromatic heterocycles. The summed E-state index contributed by atoms with van der Waals surface area (Å²) in [5, 5.41) is 0. The second-order valence-electron chi connectivity index (χ2n) is 4.70. The molecule has 0 atom stereocenters. The number of carbonyl (C=O) groups is 2. The molecule has 3 rings (SSSR count). The minimum absolute atomic E-state index is 0.0894. The number of thioether (sulfide) groups is 1. The molecule has 4 heteroatoms. The highest BCUT2D eigenvalue weighted by Gasteiger charge is 2.26. The van der Waals surface area contributed by atoms with E-state index in [1.165, 1.54) is 0 Å². The van der Waals surface area contributed by atoms with E-state index in [9.17, 15) is 9.59 Å². The summed E-state index contributed by atoms with van der Waals surface area (Å²) in [7, 11) is 0. The van der Waals surface area contributed by atoms with Crippen molar-refractivity contribution in [2.45, 2.75) is 24.2 Å². The molecular weight excluding hydrogens is 246 g/mol. The fourth-order valence-electron chi connectivity index (χ4n) is 2.55. The van der Waals surface area contributed by atoms with Crippen LogP contribution in [0.5, 0.6) is 0 Å². The van der Waals surface area contributed by atoms with Crippen molar-refractivity contribution in [3.05, 3.63) is 29.3 Å². The van der Waals surface area contributed by atoms with Crippen molar-refractivity contribution in [2.75, 3.05) is 18.8 Å². The molecule has 18 heavy (non-hydrogen) atoms. The molecule has 1 saturated heterocycles.